The van der Waals surface area contributed by atoms with E-state index >= 15 is 0 Å². The maximum absolute atomic E-state index is 6.00. The second kappa shape index (κ2) is 4.60. The third-order valence-corrected chi connectivity index (χ3v) is 2.83. The van der Waals surface area contributed by atoms with Crippen molar-refractivity contribution in [3.8, 4) is 11.5 Å². The average Bonchev–Trinajstić information content (AvgIpc) is 2.31. The highest BCUT2D eigenvalue weighted by atomic mass is 35.5. The smallest absolute Gasteiger partial charge is 0.147 e. The number of nitrogens with two attached hydrogens (primary N) is 1. The van der Waals surface area contributed by atoms with Crippen LogP contribution >= 0.6 is 23.2 Å². The molecular weight excluding hydrogens is 247 g/mol. The molecule has 0 spiro atoms. The van der Waals surface area contributed by atoms with Crippen molar-refractivity contribution in [2.75, 3.05) is 5.73 Å². The van der Waals surface area contributed by atoms with E-state index < -0.39 is 0 Å². The number of nitrogen functional groups attached to an aromatic ring is 1. The molecule has 0 saturated carbocycles. The van der Waals surface area contributed by atoms with Gasteiger partial charge in [-0.25, -0.2) is 0 Å². The van der Waals surface area contributed by atoms with E-state index in [0.29, 0.717) is 27.2 Å². The van der Waals surface area contributed by atoms with E-state index in [9.17, 15) is 0 Å². The average molecular weight is 255 g/mol. The van der Waals surface area contributed by atoms with Gasteiger partial charge in [0.2, 0.25) is 0 Å². The fourth-order valence-corrected chi connectivity index (χ4v) is 1.53. The van der Waals surface area contributed by atoms with Gasteiger partial charge in [-0.1, -0.05) is 23.2 Å². The monoisotopic (exact) mass is 254 g/mol. The van der Waals surface area contributed by atoms with Crippen LogP contribution in [0.15, 0.2) is 36.7 Å². The SMILES string of the molecule is Nc1ccc(Oc2ccncc2)c(Cl)c1Cl. The number of rotatable bonds is 2. The van der Waals surface area contributed by atoms with Crippen molar-refractivity contribution in [2.24, 2.45) is 0 Å². The predicted molar refractivity (Wildman–Crippen MR) is 65.2 cm³/mol. The van der Waals surface area contributed by atoms with Gasteiger partial charge in [0.05, 0.1) is 10.7 Å². The van der Waals surface area contributed by atoms with Crippen LogP contribution in [-0.2, 0) is 0 Å². The van der Waals surface area contributed by atoms with Crippen LogP contribution in [0.5, 0.6) is 11.5 Å². The zero-order valence-electron chi connectivity index (χ0n) is 8.15. The number of ether oxygens (including phenoxy) is 1. The molecular formula is C11H8Cl2N2O. The van der Waals surface area contributed by atoms with Gasteiger partial charge < -0.3 is 10.5 Å². The molecule has 0 saturated heterocycles. The van der Waals surface area contributed by atoms with Crippen molar-refractivity contribution in [1.29, 1.82) is 0 Å². The quantitative estimate of drug-likeness (QED) is 0.831. The van der Waals surface area contributed by atoms with E-state index in [4.69, 9.17) is 33.7 Å². The van der Waals surface area contributed by atoms with Crippen LogP contribution in [-0.4, -0.2) is 4.98 Å². The Hall–Kier alpha value is -1.45. The maximum atomic E-state index is 6.00. The summed E-state index contributed by atoms with van der Waals surface area (Å²) in [4.78, 5) is 3.88. The molecule has 3 nitrogen and oxygen atoms in total. The lowest BCUT2D eigenvalue weighted by Gasteiger charge is -2.09. The molecule has 0 atom stereocenters. The third kappa shape index (κ3) is 2.21. The standard InChI is InChI=1S/C11H8Cl2N2O/c12-10-8(14)1-2-9(11(10)13)16-7-3-5-15-6-4-7/h1-6H,14H2. The summed E-state index contributed by atoms with van der Waals surface area (Å²) in [5.74, 6) is 1.10. The van der Waals surface area contributed by atoms with E-state index in [1.807, 2.05) is 0 Å². The molecule has 1 aromatic heterocycles. The number of nitrogens with zero attached hydrogens (tertiary/aromatic N) is 1. The first kappa shape index (κ1) is 11.0. The summed E-state index contributed by atoms with van der Waals surface area (Å²) in [7, 11) is 0. The normalized spacial score (nSPS) is 10.1. The number of benzene rings is 1. The zero-order valence-corrected chi connectivity index (χ0v) is 9.66. The van der Waals surface area contributed by atoms with Crippen molar-refractivity contribution >= 4 is 28.9 Å². The zero-order chi connectivity index (χ0) is 11.5. The minimum Gasteiger partial charge on any atom is -0.456 e. The van der Waals surface area contributed by atoms with Crippen LogP contribution in [0.3, 0.4) is 0 Å². The van der Waals surface area contributed by atoms with Crippen molar-refractivity contribution < 1.29 is 4.74 Å². The molecule has 0 aliphatic rings. The van der Waals surface area contributed by atoms with Crippen molar-refractivity contribution in [3.05, 3.63) is 46.7 Å². The van der Waals surface area contributed by atoms with E-state index in [-0.39, 0.29) is 0 Å². The van der Waals surface area contributed by atoms with Gasteiger partial charge in [-0.15, -0.1) is 0 Å². The molecule has 2 rings (SSSR count). The lowest BCUT2D eigenvalue weighted by Crippen LogP contribution is -1.90. The van der Waals surface area contributed by atoms with Gasteiger partial charge in [0.25, 0.3) is 0 Å². The molecule has 0 unspecified atom stereocenters. The number of hydrogen-bond acceptors (Lipinski definition) is 3. The van der Waals surface area contributed by atoms with Crippen molar-refractivity contribution in [3.63, 3.8) is 0 Å². The summed E-state index contributed by atoms with van der Waals surface area (Å²) < 4.78 is 5.53. The first-order valence-corrected chi connectivity index (χ1v) is 5.25. The highest BCUT2D eigenvalue weighted by Gasteiger charge is 2.09. The Balaban J connectivity index is 2.33. The summed E-state index contributed by atoms with van der Waals surface area (Å²) in [6, 6.07) is 6.76. The first-order chi connectivity index (χ1) is 7.68. The molecule has 0 amide bonds. The summed E-state index contributed by atoms with van der Waals surface area (Å²) in [5.41, 5.74) is 6.03. The maximum Gasteiger partial charge on any atom is 0.147 e. The van der Waals surface area contributed by atoms with E-state index in [1.165, 1.54) is 0 Å². The fourth-order valence-electron chi connectivity index (χ4n) is 1.16. The van der Waals surface area contributed by atoms with Gasteiger partial charge >= 0.3 is 0 Å². The molecule has 0 aliphatic carbocycles. The Bertz CT molecular complexity index is 503. The molecule has 0 radical (unpaired) electrons. The van der Waals surface area contributed by atoms with Crippen molar-refractivity contribution in [2.45, 2.75) is 0 Å². The summed E-state index contributed by atoms with van der Waals surface area (Å²) >= 11 is 11.9. The largest absolute Gasteiger partial charge is 0.456 e. The molecule has 82 valence electrons. The molecule has 0 fully saturated rings. The second-order valence-corrected chi connectivity index (χ2v) is 3.82. The van der Waals surface area contributed by atoms with Gasteiger partial charge in [-0.2, -0.15) is 0 Å². The third-order valence-electron chi connectivity index (χ3n) is 1.95. The first-order valence-electron chi connectivity index (χ1n) is 4.50. The van der Waals surface area contributed by atoms with Gasteiger partial charge in [-0.3, -0.25) is 4.98 Å². The Morgan fingerprint density at radius 3 is 2.38 bits per heavy atom. The number of anilines is 1. The van der Waals surface area contributed by atoms with Crippen LogP contribution in [0.1, 0.15) is 0 Å². The van der Waals surface area contributed by atoms with Gasteiger partial charge in [0, 0.05) is 12.4 Å². The lowest BCUT2D eigenvalue weighted by atomic mass is 10.3. The van der Waals surface area contributed by atoms with Gasteiger partial charge in [-0.05, 0) is 24.3 Å². The number of pyridine rings is 1. The Morgan fingerprint density at radius 2 is 1.69 bits per heavy atom. The van der Waals surface area contributed by atoms with E-state index in [1.54, 1.807) is 36.7 Å². The highest BCUT2D eigenvalue weighted by molar-refractivity contribution is 6.44. The number of aromatic nitrogens is 1. The molecule has 0 bridgehead atoms. The highest BCUT2D eigenvalue weighted by Crippen LogP contribution is 2.37. The molecule has 16 heavy (non-hydrogen) atoms. The van der Waals surface area contributed by atoms with Crippen LogP contribution in [0, 0.1) is 0 Å². The number of halogens is 2. The fraction of sp³-hybridized carbons (Fsp3) is 0. The molecule has 5 heteroatoms. The lowest BCUT2D eigenvalue weighted by molar-refractivity contribution is 0.482. The molecule has 0 aliphatic heterocycles. The minimum atomic E-state index is 0.299. The van der Waals surface area contributed by atoms with Crippen LogP contribution < -0.4 is 10.5 Å². The van der Waals surface area contributed by atoms with Crippen LogP contribution in [0.4, 0.5) is 5.69 Å². The molecule has 1 aromatic carbocycles. The summed E-state index contributed by atoms with van der Waals surface area (Å²) in [6.07, 6.45) is 3.25. The summed E-state index contributed by atoms with van der Waals surface area (Å²) in [5, 5.41) is 0.603. The van der Waals surface area contributed by atoms with E-state index in [2.05, 4.69) is 4.98 Å². The summed E-state index contributed by atoms with van der Waals surface area (Å²) in [6.45, 7) is 0. The topological polar surface area (TPSA) is 48.1 Å². The van der Waals surface area contributed by atoms with Gasteiger partial charge in [0.1, 0.15) is 16.5 Å². The Kier molecular flexibility index (Phi) is 3.17. The molecule has 2 aromatic rings. The van der Waals surface area contributed by atoms with Crippen LogP contribution in [0.2, 0.25) is 10.0 Å². The van der Waals surface area contributed by atoms with Crippen molar-refractivity contribution in [1.82, 2.24) is 4.98 Å². The molecule has 2 N–H and O–H groups in total. The van der Waals surface area contributed by atoms with E-state index in [0.717, 1.165) is 0 Å². The van der Waals surface area contributed by atoms with Gasteiger partial charge in [0.15, 0.2) is 0 Å². The van der Waals surface area contributed by atoms with Crippen LogP contribution in [0.25, 0.3) is 0 Å². The predicted octanol–water partition coefficient (Wildman–Crippen LogP) is 3.76. The minimum absolute atomic E-state index is 0.299. The molecule has 1 heterocycles. The number of hydrogen-bond donors (Lipinski definition) is 1. The Labute approximate surface area is 103 Å². The Morgan fingerprint density at radius 1 is 1.00 bits per heavy atom. The second-order valence-electron chi connectivity index (χ2n) is 3.07.